The van der Waals surface area contributed by atoms with E-state index in [9.17, 15) is 43.2 Å². The van der Waals surface area contributed by atoms with E-state index in [1.54, 1.807) is 0 Å². The molecule has 624 valence electrons. The van der Waals surface area contributed by atoms with Crippen LogP contribution in [0.1, 0.15) is 459 Å². The van der Waals surface area contributed by atoms with Gasteiger partial charge in [-0.1, -0.05) is 408 Å². The van der Waals surface area contributed by atoms with Crippen molar-refractivity contribution in [2.24, 2.45) is 11.8 Å². The molecule has 0 aliphatic rings. The largest absolute Gasteiger partial charge is 0.472 e. The molecule has 0 aromatic carbocycles. The summed E-state index contributed by atoms with van der Waals surface area (Å²) in [6.45, 7) is 9.73. The first-order valence-electron chi connectivity index (χ1n) is 44.5. The van der Waals surface area contributed by atoms with E-state index in [2.05, 4.69) is 41.5 Å². The Kier molecular flexibility index (Phi) is 76.0. The summed E-state index contributed by atoms with van der Waals surface area (Å²) < 4.78 is 68.9. The van der Waals surface area contributed by atoms with Gasteiger partial charge in [-0.25, -0.2) is 9.13 Å². The zero-order chi connectivity index (χ0) is 77.1. The third kappa shape index (κ3) is 79.9. The molecule has 0 radical (unpaired) electrons. The predicted octanol–water partition coefficient (Wildman–Crippen LogP) is 26.2. The zero-order valence-electron chi connectivity index (χ0n) is 69.0. The second-order valence-electron chi connectivity index (χ2n) is 31.9. The lowest BCUT2D eigenvalue weighted by molar-refractivity contribution is -0.161. The summed E-state index contributed by atoms with van der Waals surface area (Å²) in [4.78, 5) is 73.2. The Labute approximate surface area is 645 Å². The van der Waals surface area contributed by atoms with Crippen molar-refractivity contribution in [2.75, 3.05) is 39.6 Å². The highest BCUT2D eigenvalue weighted by Crippen LogP contribution is 2.45. The normalized spacial score (nSPS) is 13.8. The molecule has 17 nitrogen and oxygen atoms in total. The van der Waals surface area contributed by atoms with Crippen LogP contribution in [0.2, 0.25) is 0 Å². The Morgan fingerprint density at radius 3 is 0.648 bits per heavy atom. The van der Waals surface area contributed by atoms with Crippen molar-refractivity contribution in [3.05, 3.63) is 0 Å². The third-order valence-corrected chi connectivity index (χ3v) is 22.1. The van der Waals surface area contributed by atoms with Gasteiger partial charge in [0.15, 0.2) is 12.2 Å². The summed E-state index contributed by atoms with van der Waals surface area (Å²) in [5, 5.41) is 10.7. The molecule has 0 amide bonds. The van der Waals surface area contributed by atoms with Gasteiger partial charge in [-0.3, -0.25) is 37.3 Å². The molecule has 0 saturated carbocycles. The second-order valence-corrected chi connectivity index (χ2v) is 34.8. The van der Waals surface area contributed by atoms with Crippen LogP contribution >= 0.6 is 15.6 Å². The van der Waals surface area contributed by atoms with E-state index in [1.807, 2.05) is 0 Å². The molecule has 0 rings (SSSR count). The van der Waals surface area contributed by atoms with Crippen LogP contribution in [0.5, 0.6) is 0 Å². The van der Waals surface area contributed by atoms with Crippen molar-refractivity contribution in [2.45, 2.75) is 477 Å². The number of aliphatic hydroxyl groups excluding tert-OH is 1. The van der Waals surface area contributed by atoms with Gasteiger partial charge >= 0.3 is 39.5 Å². The molecule has 19 heteroatoms. The Morgan fingerprint density at radius 1 is 0.257 bits per heavy atom. The molecular formula is C86H168O17P2. The van der Waals surface area contributed by atoms with Gasteiger partial charge in [-0.2, -0.15) is 0 Å². The van der Waals surface area contributed by atoms with Crippen molar-refractivity contribution in [3.63, 3.8) is 0 Å². The number of carbonyl (C=O) groups excluding carboxylic acids is 4. The van der Waals surface area contributed by atoms with Gasteiger partial charge in [0, 0.05) is 25.7 Å². The number of hydrogen-bond donors (Lipinski definition) is 3. The maximum Gasteiger partial charge on any atom is 0.472 e. The number of hydrogen-bond acceptors (Lipinski definition) is 15. The number of phosphoric acid groups is 2. The molecule has 0 aliphatic carbocycles. The average molecular weight is 1540 g/mol. The van der Waals surface area contributed by atoms with Gasteiger partial charge in [0.05, 0.1) is 26.4 Å². The van der Waals surface area contributed by atoms with E-state index in [1.165, 1.54) is 276 Å². The van der Waals surface area contributed by atoms with Crippen molar-refractivity contribution >= 4 is 39.5 Å². The summed E-state index contributed by atoms with van der Waals surface area (Å²) in [6.07, 6.45) is 69.4. The monoisotopic (exact) mass is 1540 g/mol. The number of rotatable bonds is 85. The highest BCUT2D eigenvalue weighted by atomic mass is 31.2. The van der Waals surface area contributed by atoms with E-state index in [4.69, 9.17) is 37.0 Å². The molecule has 0 saturated heterocycles. The molecule has 0 bridgehead atoms. The van der Waals surface area contributed by atoms with Gasteiger partial charge in [0.1, 0.15) is 19.3 Å². The lowest BCUT2D eigenvalue weighted by Crippen LogP contribution is -2.30. The van der Waals surface area contributed by atoms with E-state index >= 15 is 0 Å². The van der Waals surface area contributed by atoms with E-state index < -0.39 is 97.5 Å². The van der Waals surface area contributed by atoms with Crippen LogP contribution in [0.25, 0.3) is 0 Å². The van der Waals surface area contributed by atoms with E-state index in [0.29, 0.717) is 25.7 Å². The molecule has 105 heavy (non-hydrogen) atoms. The van der Waals surface area contributed by atoms with Gasteiger partial charge in [-0.05, 0) is 37.5 Å². The average Bonchev–Trinajstić information content (AvgIpc) is 0.907. The number of unbranched alkanes of at least 4 members (excludes halogenated alkanes) is 55. The minimum atomic E-state index is -4.97. The number of esters is 4. The lowest BCUT2D eigenvalue weighted by Gasteiger charge is -2.21. The van der Waals surface area contributed by atoms with Crippen LogP contribution in [0.3, 0.4) is 0 Å². The van der Waals surface area contributed by atoms with Gasteiger partial charge in [-0.15, -0.1) is 0 Å². The summed E-state index contributed by atoms with van der Waals surface area (Å²) in [5.41, 5.74) is 0. The number of phosphoric ester groups is 2. The van der Waals surface area contributed by atoms with Gasteiger partial charge in [0.25, 0.3) is 0 Å². The first kappa shape index (κ1) is 103. The van der Waals surface area contributed by atoms with Crippen LogP contribution in [0.4, 0.5) is 0 Å². The molecular weight excluding hydrogens is 1370 g/mol. The maximum atomic E-state index is 13.1. The Hall–Kier alpha value is -1.94. The van der Waals surface area contributed by atoms with Crippen LogP contribution in [0, 0.1) is 11.8 Å². The lowest BCUT2D eigenvalue weighted by atomic mass is 10.0. The molecule has 5 atom stereocenters. The van der Waals surface area contributed by atoms with Crippen molar-refractivity contribution in [3.8, 4) is 0 Å². The highest BCUT2D eigenvalue weighted by Gasteiger charge is 2.30. The van der Waals surface area contributed by atoms with Crippen molar-refractivity contribution in [1.29, 1.82) is 0 Å². The topological polar surface area (TPSA) is 237 Å². The summed E-state index contributed by atoms with van der Waals surface area (Å²) >= 11 is 0. The van der Waals surface area contributed by atoms with E-state index in [-0.39, 0.29) is 25.7 Å². The highest BCUT2D eigenvalue weighted by molar-refractivity contribution is 7.47. The number of carbonyl (C=O) groups is 4. The van der Waals surface area contributed by atoms with Crippen molar-refractivity contribution < 1.29 is 80.2 Å². The van der Waals surface area contributed by atoms with Gasteiger partial charge in [0.2, 0.25) is 0 Å². The van der Waals surface area contributed by atoms with Crippen LogP contribution in [-0.2, 0) is 65.4 Å². The van der Waals surface area contributed by atoms with Crippen LogP contribution < -0.4 is 0 Å². The quantitative estimate of drug-likeness (QED) is 0.0222. The Morgan fingerprint density at radius 2 is 0.438 bits per heavy atom. The van der Waals surface area contributed by atoms with E-state index in [0.717, 1.165) is 102 Å². The third-order valence-electron chi connectivity index (χ3n) is 20.2. The first-order valence-corrected chi connectivity index (χ1v) is 47.5. The fourth-order valence-corrected chi connectivity index (χ4v) is 15.0. The molecule has 0 aromatic heterocycles. The SMILES string of the molecule is CCCCCCCCCCCCCCCCCCCCC(=O)O[C@H](COC(=O)CCCCCCCCCCCC)COP(=O)(O)OC[C@H](O)COP(=O)(O)OC[C@@H](COC(=O)CCCCCCCCCCCCCCCCCC(C)C)OC(=O)CCCCCCCCCCCCCCCCCCC(C)C. The van der Waals surface area contributed by atoms with Crippen LogP contribution in [0.15, 0.2) is 0 Å². The molecule has 2 unspecified atom stereocenters. The molecule has 0 heterocycles. The van der Waals surface area contributed by atoms with Crippen molar-refractivity contribution in [1.82, 2.24) is 0 Å². The fourth-order valence-electron chi connectivity index (χ4n) is 13.4. The number of ether oxygens (including phenoxy) is 4. The fraction of sp³-hybridized carbons (Fsp3) is 0.953. The minimum Gasteiger partial charge on any atom is -0.462 e. The summed E-state index contributed by atoms with van der Waals surface area (Å²) in [7, 11) is -9.93. The van der Waals surface area contributed by atoms with Crippen LogP contribution in [-0.4, -0.2) is 96.7 Å². The maximum absolute atomic E-state index is 13.1. The molecule has 0 aromatic rings. The zero-order valence-corrected chi connectivity index (χ0v) is 70.8. The predicted molar refractivity (Wildman–Crippen MR) is 432 cm³/mol. The van der Waals surface area contributed by atoms with Gasteiger partial charge < -0.3 is 33.8 Å². The molecule has 0 fully saturated rings. The molecule has 0 spiro atoms. The minimum absolute atomic E-state index is 0.109. The first-order chi connectivity index (χ1) is 50.9. The molecule has 3 N–H and O–H groups in total. The number of aliphatic hydroxyl groups is 1. The standard InChI is InChI=1S/C86H168O17P2/c1-7-9-11-13-15-17-19-20-21-22-23-29-35-40-46-52-58-64-70-85(90)102-81(74-96-83(88)68-62-56-50-44-18-16-14-12-10-8-2)76-100-104(92,93)98-72-80(87)73-99-105(94,95)101-77-82(75-97-84(89)69-63-57-51-45-39-34-31-26-28-33-38-43-49-55-61-67-79(5)6)103-86(91)71-65-59-53-47-41-36-30-25-24-27-32-37-42-48-54-60-66-78(3)4/h78-82,87H,7-77H2,1-6H3,(H,92,93)(H,94,95)/t80-,81+,82+/m0/s1. The summed E-state index contributed by atoms with van der Waals surface area (Å²) in [5.74, 6) is -0.485. The molecule has 0 aliphatic heterocycles. The summed E-state index contributed by atoms with van der Waals surface area (Å²) in [6, 6.07) is 0. The smallest absolute Gasteiger partial charge is 0.462 e. The Bertz CT molecular complexity index is 2010. The second kappa shape index (κ2) is 77.4. The Balaban J connectivity index is 5.23.